The standard InChI is InChI=1S/C22H27NO/c1-17(23-16-15-18-7-3-4-8-18)19-11-13-20(14-12-19)21-9-5-6-10-22(21)24-2/h3-6,9-14,17-18,23H,7-8,15-16H2,1-2H3. The maximum absolute atomic E-state index is 5.46. The van der Waals surface area contributed by atoms with Gasteiger partial charge in [-0.15, -0.1) is 0 Å². The van der Waals surface area contributed by atoms with E-state index in [4.69, 9.17) is 4.74 Å². The first-order chi connectivity index (χ1) is 11.8. The molecule has 1 aliphatic carbocycles. The molecule has 0 spiro atoms. The Balaban J connectivity index is 1.59. The predicted molar refractivity (Wildman–Crippen MR) is 101 cm³/mol. The second kappa shape index (κ2) is 8.16. The van der Waals surface area contributed by atoms with Crippen LogP contribution in [-0.2, 0) is 0 Å². The van der Waals surface area contributed by atoms with E-state index in [1.807, 2.05) is 18.2 Å². The summed E-state index contributed by atoms with van der Waals surface area (Å²) in [6.45, 7) is 3.33. The topological polar surface area (TPSA) is 21.3 Å². The normalized spacial score (nSPS) is 15.6. The number of benzene rings is 2. The van der Waals surface area contributed by atoms with E-state index in [0.29, 0.717) is 6.04 Å². The van der Waals surface area contributed by atoms with Crippen molar-refractivity contribution in [2.45, 2.75) is 32.2 Å². The third-order valence-electron chi connectivity index (χ3n) is 4.94. The maximum atomic E-state index is 5.46. The van der Waals surface area contributed by atoms with Crippen molar-refractivity contribution in [2.75, 3.05) is 13.7 Å². The SMILES string of the molecule is COc1ccccc1-c1ccc(C(C)NCCC2CC=CC2)cc1. The van der Waals surface area contributed by atoms with E-state index >= 15 is 0 Å². The van der Waals surface area contributed by atoms with Crippen molar-refractivity contribution in [1.29, 1.82) is 0 Å². The summed E-state index contributed by atoms with van der Waals surface area (Å²) in [6.07, 6.45) is 8.39. The molecule has 0 aliphatic heterocycles. The Bertz CT molecular complexity index is 667. The Hall–Kier alpha value is -2.06. The molecule has 1 N–H and O–H groups in total. The highest BCUT2D eigenvalue weighted by molar-refractivity contribution is 5.70. The van der Waals surface area contributed by atoms with Crippen molar-refractivity contribution in [3.63, 3.8) is 0 Å². The van der Waals surface area contributed by atoms with Crippen LogP contribution in [0.25, 0.3) is 11.1 Å². The molecule has 1 atom stereocenters. The summed E-state index contributed by atoms with van der Waals surface area (Å²) in [7, 11) is 1.72. The molecule has 126 valence electrons. The van der Waals surface area contributed by atoms with E-state index in [0.717, 1.165) is 23.8 Å². The van der Waals surface area contributed by atoms with E-state index in [1.165, 1.54) is 30.4 Å². The van der Waals surface area contributed by atoms with Gasteiger partial charge < -0.3 is 10.1 Å². The Labute approximate surface area is 145 Å². The van der Waals surface area contributed by atoms with Crippen molar-refractivity contribution < 1.29 is 4.74 Å². The van der Waals surface area contributed by atoms with Gasteiger partial charge in [0.05, 0.1) is 7.11 Å². The summed E-state index contributed by atoms with van der Waals surface area (Å²) in [5.41, 5.74) is 3.67. The predicted octanol–water partition coefficient (Wildman–Crippen LogP) is 5.37. The number of nitrogens with one attached hydrogen (secondary N) is 1. The smallest absolute Gasteiger partial charge is 0.126 e. The van der Waals surface area contributed by atoms with E-state index in [1.54, 1.807) is 7.11 Å². The molecule has 0 saturated heterocycles. The quantitative estimate of drug-likeness (QED) is 0.692. The first-order valence-electron chi connectivity index (χ1n) is 8.89. The molecule has 0 fully saturated rings. The average Bonchev–Trinajstić information content (AvgIpc) is 3.15. The molecular formula is C22H27NO. The van der Waals surface area contributed by atoms with Crippen LogP contribution in [0.5, 0.6) is 5.75 Å². The molecule has 2 nitrogen and oxygen atoms in total. The van der Waals surface area contributed by atoms with Gasteiger partial charge in [-0.3, -0.25) is 0 Å². The zero-order valence-corrected chi connectivity index (χ0v) is 14.7. The van der Waals surface area contributed by atoms with E-state index in [2.05, 4.69) is 54.7 Å². The van der Waals surface area contributed by atoms with Crippen molar-refractivity contribution in [2.24, 2.45) is 5.92 Å². The van der Waals surface area contributed by atoms with Gasteiger partial charge in [0.15, 0.2) is 0 Å². The molecule has 0 heterocycles. The van der Waals surface area contributed by atoms with E-state index in [9.17, 15) is 0 Å². The molecule has 0 amide bonds. The summed E-state index contributed by atoms with van der Waals surface area (Å²) in [6, 6.07) is 17.4. The van der Waals surface area contributed by atoms with Gasteiger partial charge in [0, 0.05) is 11.6 Å². The second-order valence-corrected chi connectivity index (χ2v) is 6.60. The molecule has 2 aromatic carbocycles. The van der Waals surface area contributed by atoms with E-state index in [-0.39, 0.29) is 0 Å². The lowest BCUT2D eigenvalue weighted by Crippen LogP contribution is -2.21. The van der Waals surface area contributed by atoms with Crippen LogP contribution >= 0.6 is 0 Å². The fourth-order valence-corrected chi connectivity index (χ4v) is 3.37. The number of rotatable bonds is 7. The number of ether oxygens (including phenoxy) is 1. The molecule has 2 aromatic rings. The lowest BCUT2D eigenvalue weighted by atomic mass is 10.00. The molecule has 2 heteroatoms. The molecular weight excluding hydrogens is 294 g/mol. The summed E-state index contributed by atoms with van der Waals surface area (Å²) in [4.78, 5) is 0. The van der Waals surface area contributed by atoms with Crippen LogP contribution < -0.4 is 10.1 Å². The van der Waals surface area contributed by atoms with Gasteiger partial charge >= 0.3 is 0 Å². The van der Waals surface area contributed by atoms with Gasteiger partial charge in [-0.2, -0.15) is 0 Å². The fourth-order valence-electron chi connectivity index (χ4n) is 3.37. The van der Waals surface area contributed by atoms with Gasteiger partial charge in [-0.25, -0.2) is 0 Å². The third-order valence-corrected chi connectivity index (χ3v) is 4.94. The minimum absolute atomic E-state index is 0.381. The largest absolute Gasteiger partial charge is 0.496 e. The van der Waals surface area contributed by atoms with Gasteiger partial charge in [0.1, 0.15) is 5.75 Å². The lowest BCUT2D eigenvalue weighted by molar-refractivity contribution is 0.416. The summed E-state index contributed by atoms with van der Waals surface area (Å²) in [5, 5.41) is 3.66. The van der Waals surface area contributed by atoms with Gasteiger partial charge in [0.2, 0.25) is 0 Å². The Kier molecular flexibility index (Phi) is 5.71. The first-order valence-corrected chi connectivity index (χ1v) is 8.89. The third kappa shape index (κ3) is 4.07. The highest BCUT2D eigenvalue weighted by atomic mass is 16.5. The Morgan fingerprint density at radius 3 is 2.46 bits per heavy atom. The van der Waals surface area contributed by atoms with Gasteiger partial charge in [0.25, 0.3) is 0 Å². The van der Waals surface area contributed by atoms with Crippen molar-refractivity contribution in [1.82, 2.24) is 5.32 Å². The number of hydrogen-bond acceptors (Lipinski definition) is 2. The summed E-state index contributed by atoms with van der Waals surface area (Å²) >= 11 is 0. The van der Waals surface area contributed by atoms with Gasteiger partial charge in [-0.05, 0) is 55.8 Å². The Morgan fingerprint density at radius 2 is 1.75 bits per heavy atom. The molecule has 0 radical (unpaired) electrons. The summed E-state index contributed by atoms with van der Waals surface area (Å²) in [5.74, 6) is 1.76. The molecule has 1 aliphatic rings. The van der Waals surface area contributed by atoms with Crippen molar-refractivity contribution >= 4 is 0 Å². The summed E-state index contributed by atoms with van der Waals surface area (Å²) < 4.78 is 5.46. The molecule has 0 aromatic heterocycles. The fraction of sp³-hybridized carbons (Fsp3) is 0.364. The van der Waals surface area contributed by atoms with Crippen molar-refractivity contribution in [3.05, 3.63) is 66.2 Å². The van der Waals surface area contributed by atoms with Crippen LogP contribution in [-0.4, -0.2) is 13.7 Å². The number of allylic oxidation sites excluding steroid dienone is 2. The van der Waals surface area contributed by atoms with Crippen LogP contribution in [0, 0.1) is 5.92 Å². The highest BCUT2D eigenvalue weighted by Crippen LogP contribution is 2.30. The maximum Gasteiger partial charge on any atom is 0.126 e. The van der Waals surface area contributed by atoms with Crippen LogP contribution in [0.2, 0.25) is 0 Å². The molecule has 24 heavy (non-hydrogen) atoms. The zero-order chi connectivity index (χ0) is 16.8. The molecule has 3 rings (SSSR count). The van der Waals surface area contributed by atoms with Crippen LogP contribution in [0.1, 0.15) is 37.8 Å². The van der Waals surface area contributed by atoms with Crippen LogP contribution in [0.3, 0.4) is 0 Å². The Morgan fingerprint density at radius 1 is 1.04 bits per heavy atom. The van der Waals surface area contributed by atoms with Crippen LogP contribution in [0.4, 0.5) is 0 Å². The second-order valence-electron chi connectivity index (χ2n) is 6.60. The zero-order valence-electron chi connectivity index (χ0n) is 14.7. The first kappa shape index (κ1) is 16.8. The molecule has 0 bridgehead atoms. The van der Waals surface area contributed by atoms with Crippen LogP contribution in [0.15, 0.2) is 60.7 Å². The number of hydrogen-bond donors (Lipinski definition) is 1. The number of para-hydroxylation sites is 1. The highest BCUT2D eigenvalue weighted by Gasteiger charge is 2.11. The molecule has 1 unspecified atom stereocenters. The minimum Gasteiger partial charge on any atom is -0.496 e. The minimum atomic E-state index is 0.381. The van der Waals surface area contributed by atoms with E-state index < -0.39 is 0 Å². The number of methoxy groups -OCH3 is 1. The van der Waals surface area contributed by atoms with Gasteiger partial charge in [-0.1, -0.05) is 54.6 Å². The monoisotopic (exact) mass is 321 g/mol. The lowest BCUT2D eigenvalue weighted by Gasteiger charge is -2.17. The molecule has 0 saturated carbocycles. The average molecular weight is 321 g/mol. The van der Waals surface area contributed by atoms with Crippen molar-refractivity contribution in [3.8, 4) is 16.9 Å².